The molecule has 3 N–H and O–H groups in total. The van der Waals surface area contributed by atoms with Crippen LogP contribution in [0.15, 0.2) is 47.6 Å². The summed E-state index contributed by atoms with van der Waals surface area (Å²) in [6.45, 7) is 0. The number of amides is 1. The normalized spacial score (nSPS) is 10.9. The summed E-state index contributed by atoms with van der Waals surface area (Å²) in [6.07, 6.45) is 2.81. The van der Waals surface area contributed by atoms with Crippen LogP contribution in [0.3, 0.4) is 0 Å². The maximum Gasteiger partial charge on any atom is 0.264 e. The number of nitrogens with one attached hydrogen (secondary N) is 1. The van der Waals surface area contributed by atoms with Crippen LogP contribution < -0.4 is 10.5 Å². The number of nitrogens with two attached hydrogens (primary N) is 1. The Bertz CT molecular complexity index is 701. The highest BCUT2D eigenvalue weighted by molar-refractivity contribution is 7.92. The fraction of sp³-hybridized carbons (Fsp3) is 0. The van der Waals surface area contributed by atoms with Gasteiger partial charge in [0.25, 0.3) is 10.0 Å². The first-order chi connectivity index (χ1) is 8.99. The summed E-state index contributed by atoms with van der Waals surface area (Å²) in [5.74, 6) is -0.750. The second kappa shape index (κ2) is 5.02. The molecule has 0 aliphatic heterocycles. The molecule has 8 heteroatoms. The Balaban J connectivity index is 2.35. The number of sulfonamides is 1. The van der Waals surface area contributed by atoms with E-state index in [4.69, 9.17) is 5.73 Å². The topological polar surface area (TPSA) is 115 Å². The molecule has 2 rings (SSSR count). The van der Waals surface area contributed by atoms with Crippen LogP contribution in [-0.4, -0.2) is 24.3 Å². The van der Waals surface area contributed by atoms with E-state index in [9.17, 15) is 13.2 Å². The number of primary amides is 1. The van der Waals surface area contributed by atoms with Gasteiger partial charge >= 0.3 is 0 Å². The van der Waals surface area contributed by atoms with E-state index in [0.717, 1.165) is 0 Å². The number of hydrogen-bond donors (Lipinski definition) is 2. The molecule has 0 saturated heterocycles. The van der Waals surface area contributed by atoms with Gasteiger partial charge in [0.1, 0.15) is 0 Å². The van der Waals surface area contributed by atoms with E-state index >= 15 is 0 Å². The molecule has 0 aliphatic rings. The van der Waals surface area contributed by atoms with Crippen LogP contribution in [0.2, 0.25) is 0 Å². The van der Waals surface area contributed by atoms with Crippen molar-refractivity contribution in [2.24, 2.45) is 5.73 Å². The first kappa shape index (κ1) is 13.0. The minimum atomic E-state index is -3.85. The smallest absolute Gasteiger partial charge is 0.264 e. The number of hydrogen-bond acceptors (Lipinski definition) is 5. The van der Waals surface area contributed by atoms with Gasteiger partial charge in [-0.15, -0.1) is 0 Å². The van der Waals surface area contributed by atoms with Crippen molar-refractivity contribution in [3.05, 3.63) is 48.3 Å². The maximum atomic E-state index is 12.0. The Morgan fingerprint density at radius 1 is 1.16 bits per heavy atom. The Morgan fingerprint density at radius 2 is 1.84 bits per heavy atom. The predicted octanol–water partition coefficient (Wildman–Crippen LogP) is 0.376. The van der Waals surface area contributed by atoms with E-state index in [0.29, 0.717) is 0 Å². The Morgan fingerprint density at radius 3 is 2.47 bits per heavy atom. The summed E-state index contributed by atoms with van der Waals surface area (Å²) in [5.41, 5.74) is 5.21. The van der Waals surface area contributed by atoms with Gasteiger partial charge in [0.2, 0.25) is 11.9 Å². The van der Waals surface area contributed by atoms with Gasteiger partial charge in [0.05, 0.1) is 4.90 Å². The van der Waals surface area contributed by atoms with Crippen LogP contribution in [0.1, 0.15) is 10.4 Å². The third kappa shape index (κ3) is 3.05. The number of benzene rings is 1. The van der Waals surface area contributed by atoms with Crippen molar-refractivity contribution < 1.29 is 13.2 Å². The van der Waals surface area contributed by atoms with Crippen molar-refractivity contribution in [2.45, 2.75) is 4.90 Å². The molecule has 0 bridgehead atoms. The molecular weight excluding hydrogens is 268 g/mol. The fourth-order valence-corrected chi connectivity index (χ4v) is 2.35. The lowest BCUT2D eigenvalue weighted by Gasteiger charge is -2.06. The number of nitrogens with zero attached hydrogens (tertiary/aromatic N) is 2. The molecule has 0 saturated carbocycles. The third-order valence-electron chi connectivity index (χ3n) is 2.22. The lowest BCUT2D eigenvalue weighted by Crippen LogP contribution is -2.16. The highest BCUT2D eigenvalue weighted by Crippen LogP contribution is 2.14. The van der Waals surface area contributed by atoms with Gasteiger partial charge in [-0.3, -0.25) is 4.79 Å². The summed E-state index contributed by atoms with van der Waals surface area (Å²) < 4.78 is 26.3. The average Bonchev–Trinajstić information content (AvgIpc) is 2.39. The Kier molecular flexibility index (Phi) is 3.43. The molecule has 7 nitrogen and oxygen atoms in total. The zero-order valence-electron chi connectivity index (χ0n) is 9.65. The van der Waals surface area contributed by atoms with E-state index in [2.05, 4.69) is 14.7 Å². The molecule has 0 atom stereocenters. The Labute approximate surface area is 109 Å². The first-order valence-electron chi connectivity index (χ1n) is 5.19. The maximum absolute atomic E-state index is 12.0. The number of anilines is 1. The van der Waals surface area contributed by atoms with Crippen molar-refractivity contribution in [3.8, 4) is 0 Å². The molecule has 0 aliphatic carbocycles. The second-order valence-corrected chi connectivity index (χ2v) is 5.25. The monoisotopic (exact) mass is 278 g/mol. The fourth-order valence-electron chi connectivity index (χ4n) is 1.35. The SMILES string of the molecule is NC(=O)c1cccc(S(=O)(=O)Nc2ncccn2)c1. The average molecular weight is 278 g/mol. The van der Waals surface area contributed by atoms with Gasteiger partial charge in [-0.1, -0.05) is 6.07 Å². The van der Waals surface area contributed by atoms with Crippen molar-refractivity contribution in [1.82, 2.24) is 9.97 Å². The molecule has 0 radical (unpaired) electrons. The number of carbonyl (C=O) groups is 1. The highest BCUT2D eigenvalue weighted by atomic mass is 32.2. The molecular formula is C11H10N4O3S. The quantitative estimate of drug-likeness (QED) is 0.838. The van der Waals surface area contributed by atoms with Crippen LogP contribution >= 0.6 is 0 Å². The minimum Gasteiger partial charge on any atom is -0.366 e. The first-order valence-corrected chi connectivity index (χ1v) is 6.67. The largest absolute Gasteiger partial charge is 0.366 e. The molecule has 0 unspecified atom stereocenters. The third-order valence-corrected chi connectivity index (χ3v) is 3.55. The number of rotatable bonds is 4. The lowest BCUT2D eigenvalue weighted by atomic mass is 10.2. The van der Waals surface area contributed by atoms with Crippen LogP contribution in [0.25, 0.3) is 0 Å². The summed E-state index contributed by atoms with van der Waals surface area (Å²) in [6, 6.07) is 6.96. The standard InChI is InChI=1S/C11H10N4O3S/c12-10(16)8-3-1-4-9(7-8)19(17,18)15-11-13-5-2-6-14-11/h1-7H,(H2,12,16)(H,13,14,15). The van der Waals surface area contributed by atoms with Crippen molar-refractivity contribution in [2.75, 3.05) is 4.72 Å². The van der Waals surface area contributed by atoms with E-state index < -0.39 is 15.9 Å². The van der Waals surface area contributed by atoms with Gasteiger partial charge in [0, 0.05) is 18.0 Å². The molecule has 0 spiro atoms. The van der Waals surface area contributed by atoms with E-state index in [1.54, 1.807) is 6.07 Å². The molecule has 1 aromatic carbocycles. The van der Waals surface area contributed by atoms with Gasteiger partial charge in [0.15, 0.2) is 0 Å². The van der Waals surface area contributed by atoms with Crippen LogP contribution in [0.4, 0.5) is 5.95 Å². The van der Waals surface area contributed by atoms with Crippen molar-refractivity contribution >= 4 is 21.9 Å². The van der Waals surface area contributed by atoms with E-state index in [1.807, 2.05) is 0 Å². The molecule has 98 valence electrons. The molecule has 2 aromatic rings. The van der Waals surface area contributed by atoms with Gasteiger partial charge in [-0.05, 0) is 24.3 Å². The zero-order chi connectivity index (χ0) is 13.9. The second-order valence-electron chi connectivity index (χ2n) is 3.57. The summed E-state index contributed by atoms with van der Waals surface area (Å²) in [7, 11) is -3.85. The Hall–Kier alpha value is -2.48. The van der Waals surface area contributed by atoms with Crippen LogP contribution in [-0.2, 0) is 10.0 Å². The molecule has 0 fully saturated rings. The molecule has 1 amide bonds. The molecule has 19 heavy (non-hydrogen) atoms. The lowest BCUT2D eigenvalue weighted by molar-refractivity contribution is 0.1000. The highest BCUT2D eigenvalue weighted by Gasteiger charge is 2.16. The predicted molar refractivity (Wildman–Crippen MR) is 67.8 cm³/mol. The zero-order valence-corrected chi connectivity index (χ0v) is 10.5. The van der Waals surface area contributed by atoms with Crippen molar-refractivity contribution in [1.29, 1.82) is 0 Å². The summed E-state index contributed by atoms with van der Waals surface area (Å²) >= 11 is 0. The molecule has 1 aromatic heterocycles. The van der Waals surface area contributed by atoms with Gasteiger partial charge in [-0.2, -0.15) is 0 Å². The van der Waals surface area contributed by atoms with Crippen LogP contribution in [0.5, 0.6) is 0 Å². The van der Waals surface area contributed by atoms with E-state index in [-0.39, 0.29) is 16.4 Å². The summed E-state index contributed by atoms with van der Waals surface area (Å²) in [5, 5.41) is 0. The number of carbonyl (C=O) groups excluding carboxylic acids is 1. The number of aromatic nitrogens is 2. The van der Waals surface area contributed by atoms with Crippen LogP contribution in [0, 0.1) is 0 Å². The minimum absolute atomic E-state index is 0.0491. The van der Waals surface area contributed by atoms with Crippen molar-refractivity contribution in [3.63, 3.8) is 0 Å². The van der Waals surface area contributed by atoms with Gasteiger partial charge in [-0.25, -0.2) is 23.1 Å². The summed E-state index contributed by atoms with van der Waals surface area (Å²) in [4.78, 5) is 18.4. The van der Waals surface area contributed by atoms with E-state index in [1.165, 1.54) is 36.7 Å². The molecule has 1 heterocycles. The van der Waals surface area contributed by atoms with Gasteiger partial charge < -0.3 is 5.73 Å².